The Morgan fingerprint density at radius 3 is 2.60 bits per heavy atom. The molecule has 0 spiro atoms. The van der Waals surface area contributed by atoms with Crippen LogP contribution in [-0.2, 0) is 6.54 Å². The summed E-state index contributed by atoms with van der Waals surface area (Å²) in [5.41, 5.74) is 2.49. The SMILES string of the molecule is Cc1ccc(-n2nnnc2CNC(=O)Nc2ccc(Cl)c(Cl)c2)cc1. The van der Waals surface area contributed by atoms with Crippen LogP contribution in [0, 0.1) is 6.92 Å². The minimum absolute atomic E-state index is 0.161. The molecule has 7 nitrogen and oxygen atoms in total. The summed E-state index contributed by atoms with van der Waals surface area (Å²) in [6, 6.07) is 12.2. The molecule has 0 saturated carbocycles. The molecule has 0 atom stereocenters. The Morgan fingerprint density at radius 2 is 1.88 bits per heavy atom. The van der Waals surface area contributed by atoms with Crippen LogP contribution in [0.2, 0.25) is 10.0 Å². The highest BCUT2D eigenvalue weighted by Crippen LogP contribution is 2.24. The lowest BCUT2D eigenvalue weighted by Crippen LogP contribution is -2.29. The van der Waals surface area contributed by atoms with Gasteiger partial charge in [0, 0.05) is 5.69 Å². The summed E-state index contributed by atoms with van der Waals surface area (Å²) < 4.78 is 1.57. The van der Waals surface area contributed by atoms with Crippen molar-refractivity contribution in [1.29, 1.82) is 0 Å². The number of aromatic nitrogens is 4. The van der Waals surface area contributed by atoms with Crippen molar-refractivity contribution in [2.45, 2.75) is 13.5 Å². The summed E-state index contributed by atoms with van der Waals surface area (Å²) in [6.07, 6.45) is 0. The van der Waals surface area contributed by atoms with Crippen LogP contribution in [-0.4, -0.2) is 26.2 Å². The van der Waals surface area contributed by atoms with Crippen LogP contribution in [0.5, 0.6) is 0 Å². The zero-order valence-corrected chi connectivity index (χ0v) is 14.7. The number of amides is 2. The second-order valence-electron chi connectivity index (χ2n) is 5.28. The highest BCUT2D eigenvalue weighted by Gasteiger charge is 2.10. The molecule has 1 heterocycles. The largest absolute Gasteiger partial charge is 0.330 e. The van der Waals surface area contributed by atoms with Crippen LogP contribution in [0.15, 0.2) is 42.5 Å². The average Bonchev–Trinajstić information content (AvgIpc) is 3.06. The quantitative estimate of drug-likeness (QED) is 0.728. The fourth-order valence-electron chi connectivity index (χ4n) is 2.11. The van der Waals surface area contributed by atoms with E-state index in [-0.39, 0.29) is 6.54 Å². The molecular formula is C16H14Cl2N6O. The molecule has 0 fully saturated rings. The number of anilines is 1. The fourth-order valence-corrected chi connectivity index (χ4v) is 2.41. The Balaban J connectivity index is 1.64. The van der Waals surface area contributed by atoms with Crippen molar-refractivity contribution >= 4 is 34.9 Å². The molecule has 0 aliphatic heterocycles. The standard InChI is InChI=1S/C16H14Cl2N6O/c1-10-2-5-12(6-3-10)24-15(21-22-23-24)9-19-16(25)20-11-4-7-13(17)14(18)8-11/h2-8H,9H2,1H3,(H2,19,20,25). The van der Waals surface area contributed by atoms with Crippen molar-refractivity contribution < 1.29 is 4.79 Å². The number of nitrogens with zero attached hydrogens (tertiary/aromatic N) is 4. The normalized spacial score (nSPS) is 10.5. The third kappa shape index (κ3) is 4.26. The van der Waals surface area contributed by atoms with Gasteiger partial charge in [0.25, 0.3) is 0 Å². The van der Waals surface area contributed by atoms with E-state index in [0.717, 1.165) is 11.3 Å². The predicted octanol–water partition coefficient (Wildman–Crippen LogP) is 3.60. The van der Waals surface area contributed by atoms with E-state index in [1.54, 1.807) is 22.9 Å². The van der Waals surface area contributed by atoms with Gasteiger partial charge in [0.15, 0.2) is 5.82 Å². The molecule has 0 saturated heterocycles. The van der Waals surface area contributed by atoms with Gasteiger partial charge in [-0.1, -0.05) is 40.9 Å². The van der Waals surface area contributed by atoms with E-state index in [1.165, 1.54) is 0 Å². The number of hydrogen-bond acceptors (Lipinski definition) is 4. The third-order valence-corrected chi connectivity index (χ3v) is 4.14. The van der Waals surface area contributed by atoms with Gasteiger partial charge in [-0.15, -0.1) is 5.10 Å². The first kappa shape index (κ1) is 17.2. The molecule has 0 radical (unpaired) electrons. The number of urea groups is 1. The molecule has 0 aliphatic carbocycles. The van der Waals surface area contributed by atoms with Crippen molar-refractivity contribution in [3.63, 3.8) is 0 Å². The second kappa shape index (κ2) is 7.50. The van der Waals surface area contributed by atoms with Gasteiger partial charge in [0.1, 0.15) is 0 Å². The van der Waals surface area contributed by atoms with Crippen LogP contribution < -0.4 is 10.6 Å². The van der Waals surface area contributed by atoms with Crippen molar-refractivity contribution in [3.8, 4) is 5.69 Å². The molecule has 128 valence electrons. The zero-order valence-electron chi connectivity index (χ0n) is 13.2. The summed E-state index contributed by atoms with van der Waals surface area (Å²) in [6.45, 7) is 2.16. The van der Waals surface area contributed by atoms with Crippen molar-refractivity contribution in [1.82, 2.24) is 25.5 Å². The molecule has 3 aromatic rings. The highest BCUT2D eigenvalue weighted by molar-refractivity contribution is 6.42. The lowest BCUT2D eigenvalue weighted by Gasteiger charge is -2.09. The topological polar surface area (TPSA) is 84.7 Å². The van der Waals surface area contributed by atoms with E-state index in [2.05, 4.69) is 26.2 Å². The molecular weight excluding hydrogens is 363 g/mol. The molecule has 0 bridgehead atoms. The number of carbonyl (C=O) groups is 1. The van der Waals surface area contributed by atoms with Gasteiger partial charge in [-0.2, -0.15) is 4.68 Å². The zero-order chi connectivity index (χ0) is 17.8. The maximum absolute atomic E-state index is 12.0. The molecule has 25 heavy (non-hydrogen) atoms. The van der Waals surface area contributed by atoms with E-state index in [9.17, 15) is 4.79 Å². The number of rotatable bonds is 4. The molecule has 2 N–H and O–H groups in total. The first-order valence-corrected chi connectivity index (χ1v) is 8.13. The van der Waals surface area contributed by atoms with E-state index >= 15 is 0 Å². The van der Waals surface area contributed by atoms with Crippen LogP contribution in [0.25, 0.3) is 5.69 Å². The number of halogens is 2. The smallest absolute Gasteiger partial charge is 0.319 e. The van der Waals surface area contributed by atoms with Gasteiger partial charge < -0.3 is 10.6 Å². The predicted molar refractivity (Wildman–Crippen MR) is 96.2 cm³/mol. The van der Waals surface area contributed by atoms with Crippen LogP contribution >= 0.6 is 23.2 Å². The minimum Gasteiger partial charge on any atom is -0.330 e. The summed E-state index contributed by atoms with van der Waals surface area (Å²) in [4.78, 5) is 12.0. The highest BCUT2D eigenvalue weighted by atomic mass is 35.5. The number of nitrogens with one attached hydrogen (secondary N) is 2. The van der Waals surface area contributed by atoms with Gasteiger partial charge in [-0.25, -0.2) is 4.79 Å². The monoisotopic (exact) mass is 376 g/mol. The Kier molecular flexibility index (Phi) is 5.16. The number of tetrazole rings is 1. The van der Waals surface area contributed by atoms with Crippen molar-refractivity contribution in [3.05, 3.63) is 63.9 Å². The molecule has 1 aromatic heterocycles. The first-order chi connectivity index (χ1) is 12.0. The van der Waals surface area contributed by atoms with Crippen molar-refractivity contribution in [2.24, 2.45) is 0 Å². The number of benzene rings is 2. The number of hydrogen-bond donors (Lipinski definition) is 2. The summed E-state index contributed by atoms with van der Waals surface area (Å²) in [5, 5.41) is 17.7. The maximum Gasteiger partial charge on any atom is 0.319 e. The summed E-state index contributed by atoms with van der Waals surface area (Å²) in [7, 11) is 0. The minimum atomic E-state index is -0.406. The molecule has 0 aliphatic rings. The van der Waals surface area contributed by atoms with Gasteiger partial charge in [-0.05, 0) is 47.7 Å². The molecule has 9 heteroatoms. The second-order valence-corrected chi connectivity index (χ2v) is 6.09. The molecule has 2 amide bonds. The average molecular weight is 377 g/mol. The molecule has 0 unspecified atom stereocenters. The van der Waals surface area contributed by atoms with Crippen molar-refractivity contribution in [2.75, 3.05) is 5.32 Å². The van der Waals surface area contributed by atoms with Gasteiger partial charge in [0.2, 0.25) is 0 Å². The van der Waals surface area contributed by atoms with E-state index < -0.39 is 6.03 Å². The Labute approximate surface area is 153 Å². The van der Waals surface area contributed by atoms with Crippen LogP contribution in [0.4, 0.5) is 10.5 Å². The molecule has 3 rings (SSSR count). The van der Waals surface area contributed by atoms with E-state index in [1.807, 2.05) is 31.2 Å². The van der Waals surface area contributed by atoms with Gasteiger partial charge in [0.05, 0.1) is 22.3 Å². The molecule has 2 aromatic carbocycles. The van der Waals surface area contributed by atoms with E-state index in [4.69, 9.17) is 23.2 Å². The van der Waals surface area contributed by atoms with E-state index in [0.29, 0.717) is 21.6 Å². The maximum atomic E-state index is 12.0. The number of aryl methyl sites for hydroxylation is 1. The lowest BCUT2D eigenvalue weighted by atomic mass is 10.2. The summed E-state index contributed by atoms with van der Waals surface area (Å²) in [5.74, 6) is 0.508. The Morgan fingerprint density at radius 1 is 1.12 bits per heavy atom. The third-order valence-electron chi connectivity index (χ3n) is 3.40. The lowest BCUT2D eigenvalue weighted by molar-refractivity contribution is 0.251. The van der Waals surface area contributed by atoms with Gasteiger partial charge in [-0.3, -0.25) is 0 Å². The first-order valence-electron chi connectivity index (χ1n) is 7.37. The Bertz CT molecular complexity index is 894. The van der Waals surface area contributed by atoms with Gasteiger partial charge >= 0.3 is 6.03 Å². The fraction of sp³-hybridized carbons (Fsp3) is 0.125. The van der Waals surface area contributed by atoms with Crippen LogP contribution in [0.3, 0.4) is 0 Å². The van der Waals surface area contributed by atoms with Crippen LogP contribution in [0.1, 0.15) is 11.4 Å². The Hall–Kier alpha value is -2.64. The number of carbonyl (C=O) groups excluding carboxylic acids is 1. The summed E-state index contributed by atoms with van der Waals surface area (Å²) >= 11 is 11.8.